The van der Waals surface area contributed by atoms with Crippen molar-refractivity contribution < 1.29 is 15.0 Å². The molecule has 0 bridgehead atoms. The van der Waals surface area contributed by atoms with Crippen LogP contribution in [0.5, 0.6) is 0 Å². The smallest absolute Gasteiger partial charge is 0.303 e. The largest absolute Gasteiger partial charge is 0.481 e. The molecule has 0 spiro atoms. The molecule has 1 atom stereocenters. The first kappa shape index (κ1) is 13.0. The van der Waals surface area contributed by atoms with Crippen molar-refractivity contribution in [1.82, 2.24) is 4.98 Å². The molecule has 1 aromatic carbocycles. The number of aromatic nitrogens is 1. The lowest BCUT2D eigenvalue weighted by atomic mass is 10.0. The monoisotopic (exact) mass is 309 g/mol. The Balaban J connectivity index is 2.39. The zero-order chi connectivity index (χ0) is 13.1. The fraction of sp³-hybridized carbons (Fsp3) is 0.231. The molecule has 0 aliphatic heterocycles. The summed E-state index contributed by atoms with van der Waals surface area (Å²) in [5.41, 5.74) is 1.36. The molecule has 5 heteroatoms. The Morgan fingerprint density at radius 1 is 1.39 bits per heavy atom. The number of hydrogen-bond donors (Lipinski definition) is 2. The Morgan fingerprint density at radius 3 is 2.89 bits per heavy atom. The first-order valence-electron chi connectivity index (χ1n) is 5.52. The van der Waals surface area contributed by atoms with Crippen molar-refractivity contribution in [2.24, 2.45) is 0 Å². The standard InChI is InChI=1S/C13H12BrNO3/c14-10-4-3-9(11(16)5-6-12(17)18)13-8(10)2-1-7-15-13/h1-4,7,11,16H,5-6H2,(H,17,18). The summed E-state index contributed by atoms with van der Waals surface area (Å²) in [4.78, 5) is 14.8. The average molecular weight is 310 g/mol. The van der Waals surface area contributed by atoms with Crippen molar-refractivity contribution >= 4 is 32.8 Å². The first-order chi connectivity index (χ1) is 8.59. The molecule has 0 saturated carbocycles. The number of fused-ring (bicyclic) bond motifs is 1. The molecule has 0 aliphatic rings. The topological polar surface area (TPSA) is 70.4 Å². The summed E-state index contributed by atoms with van der Waals surface area (Å²) in [5, 5.41) is 19.6. The van der Waals surface area contributed by atoms with Crippen molar-refractivity contribution in [3.63, 3.8) is 0 Å². The van der Waals surface area contributed by atoms with E-state index in [1.54, 1.807) is 12.3 Å². The van der Waals surface area contributed by atoms with Gasteiger partial charge in [-0.25, -0.2) is 0 Å². The van der Waals surface area contributed by atoms with Gasteiger partial charge in [0, 0.05) is 28.0 Å². The Hall–Kier alpha value is -1.46. The maximum absolute atomic E-state index is 10.5. The minimum Gasteiger partial charge on any atom is -0.481 e. The van der Waals surface area contributed by atoms with Crippen LogP contribution in [-0.4, -0.2) is 21.2 Å². The molecule has 0 aliphatic carbocycles. The number of pyridine rings is 1. The molecule has 1 heterocycles. The van der Waals surface area contributed by atoms with E-state index in [4.69, 9.17) is 5.11 Å². The van der Waals surface area contributed by atoms with Crippen LogP contribution >= 0.6 is 15.9 Å². The maximum Gasteiger partial charge on any atom is 0.303 e. The summed E-state index contributed by atoms with van der Waals surface area (Å²) in [6.45, 7) is 0. The van der Waals surface area contributed by atoms with Crippen LogP contribution in [-0.2, 0) is 4.79 Å². The van der Waals surface area contributed by atoms with Crippen LogP contribution in [0.3, 0.4) is 0 Å². The highest BCUT2D eigenvalue weighted by Gasteiger charge is 2.14. The van der Waals surface area contributed by atoms with E-state index < -0.39 is 12.1 Å². The number of carbonyl (C=O) groups is 1. The predicted molar refractivity (Wildman–Crippen MR) is 71.3 cm³/mol. The Kier molecular flexibility index (Phi) is 3.93. The fourth-order valence-electron chi connectivity index (χ4n) is 1.84. The quantitative estimate of drug-likeness (QED) is 0.911. The van der Waals surface area contributed by atoms with Gasteiger partial charge in [-0.15, -0.1) is 0 Å². The summed E-state index contributed by atoms with van der Waals surface area (Å²) in [6, 6.07) is 7.33. The molecule has 2 rings (SSSR count). The van der Waals surface area contributed by atoms with Crippen molar-refractivity contribution in [3.8, 4) is 0 Å². The number of hydrogen-bond acceptors (Lipinski definition) is 3. The third-order valence-electron chi connectivity index (χ3n) is 2.74. The van der Waals surface area contributed by atoms with Crippen LogP contribution in [0.25, 0.3) is 10.9 Å². The molecular weight excluding hydrogens is 298 g/mol. The van der Waals surface area contributed by atoms with E-state index in [0.717, 1.165) is 9.86 Å². The summed E-state index contributed by atoms with van der Waals surface area (Å²) in [5.74, 6) is -0.913. The number of nitrogens with zero attached hydrogens (tertiary/aromatic N) is 1. The van der Waals surface area contributed by atoms with E-state index in [9.17, 15) is 9.90 Å². The number of halogens is 1. The highest BCUT2D eigenvalue weighted by molar-refractivity contribution is 9.10. The molecule has 1 unspecified atom stereocenters. The lowest BCUT2D eigenvalue weighted by molar-refractivity contribution is -0.137. The lowest BCUT2D eigenvalue weighted by Gasteiger charge is -2.12. The van der Waals surface area contributed by atoms with Gasteiger partial charge in [-0.05, 0) is 18.6 Å². The molecule has 2 aromatic rings. The molecule has 94 valence electrons. The highest BCUT2D eigenvalue weighted by atomic mass is 79.9. The van der Waals surface area contributed by atoms with Gasteiger partial charge >= 0.3 is 5.97 Å². The molecule has 0 saturated heterocycles. The van der Waals surface area contributed by atoms with E-state index >= 15 is 0 Å². The van der Waals surface area contributed by atoms with Gasteiger partial charge in [0.25, 0.3) is 0 Å². The number of aliphatic hydroxyl groups excluding tert-OH is 1. The molecule has 0 amide bonds. The molecule has 18 heavy (non-hydrogen) atoms. The van der Waals surface area contributed by atoms with E-state index in [0.29, 0.717) is 11.1 Å². The second-order valence-electron chi connectivity index (χ2n) is 3.98. The second-order valence-corrected chi connectivity index (χ2v) is 4.84. The van der Waals surface area contributed by atoms with Gasteiger partial charge < -0.3 is 10.2 Å². The third-order valence-corrected chi connectivity index (χ3v) is 3.43. The van der Waals surface area contributed by atoms with Gasteiger partial charge in [0.1, 0.15) is 0 Å². The van der Waals surface area contributed by atoms with Crippen LogP contribution in [0.1, 0.15) is 24.5 Å². The zero-order valence-corrected chi connectivity index (χ0v) is 11.1. The van der Waals surface area contributed by atoms with Crippen molar-refractivity contribution in [2.45, 2.75) is 18.9 Å². The van der Waals surface area contributed by atoms with E-state index in [1.165, 1.54) is 0 Å². The third kappa shape index (κ3) is 2.68. The first-order valence-corrected chi connectivity index (χ1v) is 6.32. The van der Waals surface area contributed by atoms with Gasteiger partial charge in [0.2, 0.25) is 0 Å². The van der Waals surface area contributed by atoms with Gasteiger partial charge in [-0.2, -0.15) is 0 Å². The Labute approximate surface area is 112 Å². The van der Waals surface area contributed by atoms with Gasteiger partial charge in [-0.3, -0.25) is 9.78 Å². The van der Waals surface area contributed by atoms with Crippen molar-refractivity contribution in [1.29, 1.82) is 0 Å². The van der Waals surface area contributed by atoms with E-state index in [-0.39, 0.29) is 12.8 Å². The number of benzene rings is 1. The summed E-state index contributed by atoms with van der Waals surface area (Å²) >= 11 is 3.43. The van der Waals surface area contributed by atoms with E-state index in [2.05, 4.69) is 20.9 Å². The molecule has 0 radical (unpaired) electrons. The SMILES string of the molecule is O=C(O)CCC(O)c1ccc(Br)c2cccnc12. The van der Waals surface area contributed by atoms with Crippen LogP contribution in [0.4, 0.5) is 0 Å². The van der Waals surface area contributed by atoms with Crippen molar-refractivity contribution in [3.05, 3.63) is 40.5 Å². The van der Waals surface area contributed by atoms with Crippen LogP contribution in [0, 0.1) is 0 Å². The van der Waals surface area contributed by atoms with Crippen LogP contribution in [0.15, 0.2) is 34.9 Å². The normalized spacial score (nSPS) is 12.6. The summed E-state index contributed by atoms with van der Waals surface area (Å²) < 4.78 is 0.903. The molecule has 2 N–H and O–H groups in total. The lowest BCUT2D eigenvalue weighted by Crippen LogP contribution is -2.03. The van der Waals surface area contributed by atoms with Crippen molar-refractivity contribution in [2.75, 3.05) is 0 Å². The Bertz CT molecular complexity index is 585. The Morgan fingerprint density at radius 2 is 2.17 bits per heavy atom. The fourth-order valence-corrected chi connectivity index (χ4v) is 2.30. The maximum atomic E-state index is 10.5. The summed E-state index contributed by atoms with van der Waals surface area (Å²) in [7, 11) is 0. The molecular formula is C13H12BrNO3. The minimum atomic E-state index is -0.913. The number of carboxylic acids is 1. The minimum absolute atomic E-state index is 0.0639. The molecule has 1 aromatic heterocycles. The van der Waals surface area contributed by atoms with Gasteiger partial charge in [0.15, 0.2) is 0 Å². The number of aliphatic carboxylic acids is 1. The molecule has 0 fully saturated rings. The zero-order valence-electron chi connectivity index (χ0n) is 9.51. The predicted octanol–water partition coefficient (Wildman–Crippen LogP) is 2.90. The number of carboxylic acid groups (broad SMARTS) is 1. The van der Waals surface area contributed by atoms with E-state index in [1.807, 2.05) is 18.2 Å². The molecule has 4 nitrogen and oxygen atoms in total. The summed E-state index contributed by atoms with van der Waals surface area (Å²) in [6.07, 6.45) is 0.961. The number of rotatable bonds is 4. The van der Waals surface area contributed by atoms with Gasteiger partial charge in [0.05, 0.1) is 11.6 Å². The number of aliphatic hydroxyl groups is 1. The van der Waals surface area contributed by atoms with Gasteiger partial charge in [-0.1, -0.05) is 28.1 Å². The highest BCUT2D eigenvalue weighted by Crippen LogP contribution is 2.30. The second kappa shape index (κ2) is 5.46. The van der Waals surface area contributed by atoms with Crippen LogP contribution in [0.2, 0.25) is 0 Å². The average Bonchev–Trinajstić information content (AvgIpc) is 2.37. The van der Waals surface area contributed by atoms with Crippen LogP contribution < -0.4 is 0 Å².